The Kier molecular flexibility index (Phi) is 9.47. The minimum atomic E-state index is -3.54. The summed E-state index contributed by atoms with van der Waals surface area (Å²) in [6, 6.07) is 6.36. The van der Waals surface area contributed by atoms with E-state index in [4.69, 9.17) is 0 Å². The maximum absolute atomic E-state index is 12.7. The molecule has 0 aromatic heterocycles. The SMILES string of the molecule is CCN(CC)S(=O)(=O)c1ccc(N2CC(C(=O)NCCCCN3CCN(C)CC3)CC2=O)cc1. The predicted octanol–water partition coefficient (Wildman–Crippen LogP) is 1.21. The molecule has 9 nitrogen and oxygen atoms in total. The molecule has 10 heteroatoms. The summed E-state index contributed by atoms with van der Waals surface area (Å²) in [5.74, 6) is -0.588. The van der Waals surface area contributed by atoms with E-state index < -0.39 is 10.0 Å². The van der Waals surface area contributed by atoms with E-state index in [1.165, 1.54) is 16.4 Å². The van der Waals surface area contributed by atoms with Crippen LogP contribution >= 0.6 is 0 Å². The third-order valence-corrected chi connectivity index (χ3v) is 8.85. The van der Waals surface area contributed by atoms with Crippen LogP contribution in [0.15, 0.2) is 29.2 Å². The predicted molar refractivity (Wildman–Crippen MR) is 133 cm³/mol. The number of carbonyl (C=O) groups is 2. The first kappa shape index (κ1) is 26.6. The Morgan fingerprint density at radius 2 is 1.71 bits per heavy atom. The fourth-order valence-corrected chi connectivity index (χ4v) is 5.99. The molecule has 0 aliphatic carbocycles. The highest BCUT2D eigenvalue weighted by molar-refractivity contribution is 7.89. The van der Waals surface area contributed by atoms with E-state index in [0.717, 1.165) is 45.6 Å². The molecule has 1 aromatic rings. The first-order valence-electron chi connectivity index (χ1n) is 12.4. The highest BCUT2D eigenvalue weighted by Crippen LogP contribution is 2.27. The molecule has 2 saturated heterocycles. The van der Waals surface area contributed by atoms with Crippen LogP contribution in [0, 0.1) is 5.92 Å². The zero-order valence-corrected chi connectivity index (χ0v) is 21.5. The molecule has 190 valence electrons. The first-order chi connectivity index (χ1) is 16.3. The molecule has 0 saturated carbocycles. The van der Waals surface area contributed by atoms with Crippen molar-refractivity contribution in [3.8, 4) is 0 Å². The van der Waals surface area contributed by atoms with Crippen LogP contribution in [-0.2, 0) is 19.6 Å². The third-order valence-electron chi connectivity index (χ3n) is 6.78. The van der Waals surface area contributed by atoms with Crippen molar-refractivity contribution < 1.29 is 18.0 Å². The number of hydrogen-bond acceptors (Lipinski definition) is 6. The van der Waals surface area contributed by atoms with Gasteiger partial charge in [0.1, 0.15) is 0 Å². The zero-order chi connectivity index (χ0) is 24.7. The lowest BCUT2D eigenvalue weighted by atomic mass is 10.1. The van der Waals surface area contributed by atoms with E-state index in [1.807, 2.05) is 0 Å². The average Bonchev–Trinajstić information content (AvgIpc) is 3.22. The van der Waals surface area contributed by atoms with E-state index in [-0.39, 0.29) is 29.0 Å². The van der Waals surface area contributed by atoms with Crippen molar-refractivity contribution in [3.05, 3.63) is 24.3 Å². The molecule has 3 rings (SSSR count). The van der Waals surface area contributed by atoms with E-state index in [1.54, 1.807) is 30.9 Å². The summed E-state index contributed by atoms with van der Waals surface area (Å²) >= 11 is 0. The molecule has 2 aliphatic rings. The lowest BCUT2D eigenvalue weighted by molar-refractivity contribution is -0.126. The molecule has 0 radical (unpaired) electrons. The van der Waals surface area contributed by atoms with Gasteiger partial charge in [0, 0.05) is 64.5 Å². The van der Waals surface area contributed by atoms with Gasteiger partial charge >= 0.3 is 0 Å². The van der Waals surface area contributed by atoms with Gasteiger partial charge in [0.15, 0.2) is 0 Å². The number of rotatable bonds is 11. The van der Waals surface area contributed by atoms with Gasteiger partial charge in [-0.15, -0.1) is 0 Å². The quantitative estimate of drug-likeness (QED) is 0.466. The van der Waals surface area contributed by atoms with Crippen LogP contribution in [0.1, 0.15) is 33.1 Å². The molecular weight excluding hydrogens is 454 g/mol. The van der Waals surface area contributed by atoms with Crippen molar-refractivity contribution in [2.45, 2.75) is 38.0 Å². The summed E-state index contributed by atoms with van der Waals surface area (Å²) in [4.78, 5) is 31.7. The first-order valence-corrected chi connectivity index (χ1v) is 13.8. The number of carbonyl (C=O) groups excluding carboxylic acids is 2. The van der Waals surface area contributed by atoms with Gasteiger partial charge in [0.05, 0.1) is 10.8 Å². The maximum atomic E-state index is 12.7. The highest BCUT2D eigenvalue weighted by Gasteiger charge is 2.35. The molecule has 2 aliphatic heterocycles. The molecule has 0 bridgehead atoms. The van der Waals surface area contributed by atoms with Gasteiger partial charge in [0.25, 0.3) is 0 Å². The van der Waals surface area contributed by atoms with Crippen molar-refractivity contribution in [2.75, 3.05) is 70.9 Å². The Morgan fingerprint density at radius 1 is 1.06 bits per heavy atom. The number of anilines is 1. The fraction of sp³-hybridized carbons (Fsp3) is 0.667. The van der Waals surface area contributed by atoms with E-state index in [0.29, 0.717) is 31.9 Å². The normalized spacial score (nSPS) is 20.3. The molecule has 1 atom stereocenters. The van der Waals surface area contributed by atoms with E-state index >= 15 is 0 Å². The Bertz CT molecular complexity index is 925. The highest BCUT2D eigenvalue weighted by atomic mass is 32.2. The number of piperazine rings is 1. The number of hydrogen-bond donors (Lipinski definition) is 1. The Morgan fingerprint density at radius 3 is 2.32 bits per heavy atom. The monoisotopic (exact) mass is 493 g/mol. The van der Waals surface area contributed by atoms with Crippen LogP contribution < -0.4 is 10.2 Å². The van der Waals surface area contributed by atoms with Gasteiger partial charge < -0.3 is 20.0 Å². The summed E-state index contributed by atoms with van der Waals surface area (Å²) in [5.41, 5.74) is 0.617. The van der Waals surface area contributed by atoms with Crippen LogP contribution in [0.2, 0.25) is 0 Å². The number of amides is 2. The third kappa shape index (κ3) is 6.56. The minimum Gasteiger partial charge on any atom is -0.356 e. The van der Waals surface area contributed by atoms with Gasteiger partial charge in [-0.05, 0) is 50.7 Å². The zero-order valence-electron chi connectivity index (χ0n) is 20.7. The molecule has 1 unspecified atom stereocenters. The molecular formula is C24H39N5O4S. The van der Waals surface area contributed by atoms with Crippen LogP contribution in [0.25, 0.3) is 0 Å². The second kappa shape index (κ2) is 12.1. The summed E-state index contributed by atoms with van der Waals surface area (Å²) in [6.45, 7) is 10.8. The molecule has 34 heavy (non-hydrogen) atoms. The standard InChI is InChI=1S/C24H39N5O4S/c1-4-28(5-2)34(32,33)22-10-8-21(9-11-22)29-19-20(18-23(29)30)24(31)25-12-6-7-13-27-16-14-26(3)15-17-27/h8-11,20H,4-7,12-19H2,1-3H3,(H,25,31). The van der Waals surface area contributed by atoms with Gasteiger partial charge in [-0.25, -0.2) is 8.42 Å². The lowest BCUT2D eigenvalue weighted by Crippen LogP contribution is -2.44. The van der Waals surface area contributed by atoms with E-state index in [9.17, 15) is 18.0 Å². The van der Waals surface area contributed by atoms with Crippen LogP contribution in [-0.4, -0.2) is 100 Å². The molecule has 1 N–H and O–H groups in total. The Balaban J connectivity index is 1.45. The Labute approximate surface area is 204 Å². The number of likely N-dealkylation sites (N-methyl/N-ethyl adjacent to an activating group) is 1. The van der Waals surface area contributed by atoms with Crippen LogP contribution in [0.4, 0.5) is 5.69 Å². The second-order valence-corrected chi connectivity index (χ2v) is 11.1. The topological polar surface area (TPSA) is 93.3 Å². The molecule has 2 amide bonds. The van der Waals surface area contributed by atoms with Gasteiger partial charge in [0.2, 0.25) is 21.8 Å². The summed E-state index contributed by atoms with van der Waals surface area (Å²) in [7, 11) is -1.40. The number of benzene rings is 1. The minimum absolute atomic E-state index is 0.0869. The lowest BCUT2D eigenvalue weighted by Gasteiger charge is -2.32. The van der Waals surface area contributed by atoms with E-state index in [2.05, 4.69) is 22.2 Å². The summed E-state index contributed by atoms with van der Waals surface area (Å²) in [6.07, 6.45) is 2.14. The molecule has 2 fully saturated rings. The number of nitrogens with one attached hydrogen (secondary N) is 1. The van der Waals surface area contributed by atoms with Crippen LogP contribution in [0.3, 0.4) is 0 Å². The van der Waals surface area contributed by atoms with Gasteiger partial charge in [-0.1, -0.05) is 13.8 Å². The summed E-state index contributed by atoms with van der Waals surface area (Å²) in [5, 5.41) is 2.99. The molecule has 2 heterocycles. The number of nitrogens with zero attached hydrogens (tertiary/aromatic N) is 4. The van der Waals surface area contributed by atoms with Crippen molar-refractivity contribution in [3.63, 3.8) is 0 Å². The van der Waals surface area contributed by atoms with Crippen LogP contribution in [0.5, 0.6) is 0 Å². The van der Waals surface area contributed by atoms with Gasteiger partial charge in [-0.3, -0.25) is 9.59 Å². The maximum Gasteiger partial charge on any atom is 0.243 e. The average molecular weight is 494 g/mol. The number of unbranched alkanes of at least 4 members (excludes halogenated alkanes) is 1. The largest absolute Gasteiger partial charge is 0.356 e. The van der Waals surface area contributed by atoms with Crippen molar-refractivity contribution in [2.24, 2.45) is 5.92 Å². The fourth-order valence-electron chi connectivity index (χ4n) is 4.53. The van der Waals surface area contributed by atoms with Crippen molar-refractivity contribution in [1.29, 1.82) is 0 Å². The van der Waals surface area contributed by atoms with Crippen molar-refractivity contribution in [1.82, 2.24) is 19.4 Å². The van der Waals surface area contributed by atoms with Gasteiger partial charge in [-0.2, -0.15) is 4.31 Å². The number of sulfonamides is 1. The Hall–Kier alpha value is -2.01. The smallest absolute Gasteiger partial charge is 0.243 e. The second-order valence-electron chi connectivity index (χ2n) is 9.13. The van der Waals surface area contributed by atoms with Crippen molar-refractivity contribution >= 4 is 27.5 Å². The molecule has 1 aromatic carbocycles. The molecule has 0 spiro atoms. The summed E-state index contributed by atoms with van der Waals surface area (Å²) < 4.78 is 26.7.